The Labute approximate surface area is 119 Å². The monoisotopic (exact) mass is 275 g/mol. The second-order valence-corrected chi connectivity index (χ2v) is 4.42. The maximum Gasteiger partial charge on any atom is 0.253 e. The minimum Gasteiger partial charge on any atom is -0.352 e. The Bertz CT molecular complexity index is 472. The van der Waals surface area contributed by atoms with Crippen LogP contribution in [0, 0.1) is 0 Å². The van der Waals surface area contributed by atoms with E-state index in [9.17, 15) is 9.59 Å². The Kier molecular flexibility index (Phi) is 7.03. The summed E-state index contributed by atoms with van der Waals surface area (Å²) < 4.78 is 0. The van der Waals surface area contributed by atoms with Gasteiger partial charge in [-0.05, 0) is 12.5 Å². The number of nitrogens with one attached hydrogen (secondary N) is 2. The number of nitrogens with zero attached hydrogens (tertiary/aromatic N) is 1. The van der Waals surface area contributed by atoms with Crippen LogP contribution in [0.4, 0.5) is 0 Å². The van der Waals surface area contributed by atoms with Gasteiger partial charge in [-0.2, -0.15) is 0 Å². The third kappa shape index (κ3) is 5.22. The van der Waals surface area contributed by atoms with Crippen molar-refractivity contribution in [3.8, 4) is 0 Å². The summed E-state index contributed by atoms with van der Waals surface area (Å²) in [6, 6.07) is 1.54. The van der Waals surface area contributed by atoms with Crippen LogP contribution >= 0.6 is 0 Å². The molecule has 0 saturated heterocycles. The fourth-order valence-electron chi connectivity index (χ4n) is 1.63. The van der Waals surface area contributed by atoms with Crippen molar-refractivity contribution in [2.45, 2.75) is 26.2 Å². The summed E-state index contributed by atoms with van der Waals surface area (Å²) in [6.45, 7) is 6.65. The predicted molar refractivity (Wildman–Crippen MR) is 78.6 cm³/mol. The van der Waals surface area contributed by atoms with E-state index in [0.29, 0.717) is 24.2 Å². The molecule has 0 aliphatic heterocycles. The van der Waals surface area contributed by atoms with Gasteiger partial charge in [-0.15, -0.1) is 6.58 Å². The van der Waals surface area contributed by atoms with E-state index in [-0.39, 0.29) is 11.8 Å². The van der Waals surface area contributed by atoms with Crippen LogP contribution < -0.4 is 10.6 Å². The zero-order chi connectivity index (χ0) is 14.8. The molecule has 0 unspecified atom stereocenters. The summed E-state index contributed by atoms with van der Waals surface area (Å²) in [5, 5.41) is 5.46. The van der Waals surface area contributed by atoms with Crippen LogP contribution in [-0.2, 0) is 0 Å². The van der Waals surface area contributed by atoms with Gasteiger partial charge in [-0.3, -0.25) is 14.6 Å². The predicted octanol–water partition coefficient (Wildman–Crippen LogP) is 1.92. The number of rotatable bonds is 8. The Hall–Kier alpha value is -2.17. The molecule has 2 N–H and O–H groups in total. The van der Waals surface area contributed by atoms with E-state index >= 15 is 0 Å². The van der Waals surface area contributed by atoms with Gasteiger partial charge in [0.05, 0.1) is 11.1 Å². The Balaban J connectivity index is 2.60. The lowest BCUT2D eigenvalue weighted by molar-refractivity contribution is 0.0952. The highest BCUT2D eigenvalue weighted by atomic mass is 16.2. The number of pyridine rings is 1. The first-order chi connectivity index (χ1) is 9.69. The highest BCUT2D eigenvalue weighted by Gasteiger charge is 2.10. The standard InChI is InChI=1S/C15H21N3O2/c1-3-5-6-8-18-15(20)13-9-12(10-16-11-13)14(19)17-7-4-2/h4,9-11H,2-3,5-8H2,1H3,(H,17,19)(H,18,20). The van der Waals surface area contributed by atoms with E-state index in [1.807, 2.05) is 0 Å². The van der Waals surface area contributed by atoms with E-state index < -0.39 is 0 Å². The molecule has 0 atom stereocenters. The van der Waals surface area contributed by atoms with E-state index in [1.54, 1.807) is 12.1 Å². The van der Waals surface area contributed by atoms with Crippen LogP contribution in [0.3, 0.4) is 0 Å². The molecule has 0 aromatic carbocycles. The van der Waals surface area contributed by atoms with Gasteiger partial charge in [0.1, 0.15) is 0 Å². The number of hydrogen-bond acceptors (Lipinski definition) is 3. The molecule has 5 nitrogen and oxygen atoms in total. The van der Waals surface area contributed by atoms with Crippen molar-refractivity contribution in [1.82, 2.24) is 15.6 Å². The SMILES string of the molecule is C=CCNC(=O)c1cncc(C(=O)NCCCCC)c1. The number of carbonyl (C=O) groups excluding carboxylic acids is 2. The molecule has 1 aromatic heterocycles. The lowest BCUT2D eigenvalue weighted by Gasteiger charge is -2.06. The van der Waals surface area contributed by atoms with Crippen molar-refractivity contribution in [3.63, 3.8) is 0 Å². The minimum absolute atomic E-state index is 0.202. The largest absolute Gasteiger partial charge is 0.352 e. The fraction of sp³-hybridized carbons (Fsp3) is 0.400. The average molecular weight is 275 g/mol. The van der Waals surface area contributed by atoms with Gasteiger partial charge in [0.2, 0.25) is 0 Å². The number of amides is 2. The van der Waals surface area contributed by atoms with Gasteiger partial charge in [-0.25, -0.2) is 0 Å². The number of carbonyl (C=O) groups is 2. The molecule has 0 aliphatic carbocycles. The topological polar surface area (TPSA) is 71.1 Å². The van der Waals surface area contributed by atoms with Crippen molar-refractivity contribution in [3.05, 3.63) is 42.2 Å². The molecule has 1 aromatic rings. The van der Waals surface area contributed by atoms with Gasteiger partial charge < -0.3 is 10.6 Å². The van der Waals surface area contributed by atoms with Crippen LogP contribution in [0.2, 0.25) is 0 Å². The molecule has 0 bridgehead atoms. The Morgan fingerprint density at radius 1 is 1.20 bits per heavy atom. The third-order valence-electron chi connectivity index (χ3n) is 2.74. The normalized spacial score (nSPS) is 9.85. The number of aromatic nitrogens is 1. The Morgan fingerprint density at radius 3 is 2.45 bits per heavy atom. The summed E-state index contributed by atoms with van der Waals surface area (Å²) in [7, 11) is 0. The molecule has 0 fully saturated rings. The molecule has 20 heavy (non-hydrogen) atoms. The van der Waals surface area contributed by atoms with Crippen LogP contribution in [0.15, 0.2) is 31.1 Å². The lowest BCUT2D eigenvalue weighted by Crippen LogP contribution is -2.26. The van der Waals surface area contributed by atoms with Gasteiger partial charge >= 0.3 is 0 Å². The fourth-order valence-corrected chi connectivity index (χ4v) is 1.63. The molecule has 5 heteroatoms. The highest BCUT2D eigenvalue weighted by Crippen LogP contribution is 2.03. The summed E-state index contributed by atoms with van der Waals surface area (Å²) in [4.78, 5) is 27.6. The van der Waals surface area contributed by atoms with Crippen molar-refractivity contribution in [2.75, 3.05) is 13.1 Å². The molecule has 0 saturated carbocycles. The second kappa shape index (κ2) is 8.85. The van der Waals surface area contributed by atoms with Crippen molar-refractivity contribution in [2.24, 2.45) is 0 Å². The molecule has 1 heterocycles. The van der Waals surface area contributed by atoms with E-state index in [2.05, 4.69) is 29.1 Å². The molecule has 1 rings (SSSR count). The summed E-state index contributed by atoms with van der Waals surface area (Å²) >= 11 is 0. The van der Waals surface area contributed by atoms with Crippen molar-refractivity contribution < 1.29 is 9.59 Å². The number of hydrogen-bond donors (Lipinski definition) is 2. The van der Waals surface area contributed by atoms with Gasteiger partial charge in [0.25, 0.3) is 11.8 Å². The van der Waals surface area contributed by atoms with E-state index in [1.165, 1.54) is 12.4 Å². The smallest absolute Gasteiger partial charge is 0.253 e. The molecular weight excluding hydrogens is 254 g/mol. The quantitative estimate of drug-likeness (QED) is 0.562. The lowest BCUT2D eigenvalue weighted by atomic mass is 10.2. The Morgan fingerprint density at radius 2 is 1.85 bits per heavy atom. The zero-order valence-electron chi connectivity index (χ0n) is 11.8. The van der Waals surface area contributed by atoms with E-state index in [0.717, 1.165) is 19.3 Å². The second-order valence-electron chi connectivity index (χ2n) is 4.42. The van der Waals surface area contributed by atoms with E-state index in [4.69, 9.17) is 0 Å². The first kappa shape index (κ1) is 15.9. The van der Waals surface area contributed by atoms with Crippen LogP contribution in [0.1, 0.15) is 46.9 Å². The molecular formula is C15H21N3O2. The van der Waals surface area contributed by atoms with Gasteiger partial charge in [-0.1, -0.05) is 25.8 Å². The average Bonchev–Trinajstić information content (AvgIpc) is 2.49. The van der Waals surface area contributed by atoms with Crippen molar-refractivity contribution in [1.29, 1.82) is 0 Å². The molecule has 0 radical (unpaired) electrons. The van der Waals surface area contributed by atoms with Crippen LogP contribution in [0.5, 0.6) is 0 Å². The minimum atomic E-state index is -0.266. The zero-order valence-corrected chi connectivity index (χ0v) is 11.8. The molecule has 0 aliphatic rings. The summed E-state index contributed by atoms with van der Waals surface area (Å²) in [6.07, 6.45) is 7.63. The first-order valence-electron chi connectivity index (χ1n) is 6.81. The first-order valence-corrected chi connectivity index (χ1v) is 6.81. The molecule has 108 valence electrons. The van der Waals surface area contributed by atoms with Gasteiger partial charge in [0.15, 0.2) is 0 Å². The highest BCUT2D eigenvalue weighted by molar-refractivity contribution is 5.99. The molecule has 0 spiro atoms. The van der Waals surface area contributed by atoms with Crippen LogP contribution in [0.25, 0.3) is 0 Å². The number of unbranched alkanes of at least 4 members (excludes halogenated alkanes) is 2. The summed E-state index contributed by atoms with van der Waals surface area (Å²) in [5.41, 5.74) is 0.765. The summed E-state index contributed by atoms with van der Waals surface area (Å²) in [5.74, 6) is -0.468. The maximum absolute atomic E-state index is 11.9. The third-order valence-corrected chi connectivity index (χ3v) is 2.74. The molecule has 2 amide bonds. The van der Waals surface area contributed by atoms with Crippen LogP contribution in [-0.4, -0.2) is 29.9 Å². The van der Waals surface area contributed by atoms with Crippen molar-refractivity contribution >= 4 is 11.8 Å². The maximum atomic E-state index is 11.9. The van der Waals surface area contributed by atoms with Gasteiger partial charge in [0, 0.05) is 25.5 Å².